The number of nitrogens with zero attached hydrogens (tertiary/aromatic N) is 1. The van der Waals surface area contributed by atoms with E-state index in [0.717, 1.165) is 21.0 Å². The monoisotopic (exact) mass is 250 g/mol. The molecule has 0 amide bonds. The minimum absolute atomic E-state index is 0.627. The Kier molecular flexibility index (Phi) is 4.14. The second-order valence-electron chi connectivity index (χ2n) is 2.28. The van der Waals surface area contributed by atoms with Gasteiger partial charge in [0.15, 0.2) is 0 Å². The van der Waals surface area contributed by atoms with E-state index in [4.69, 9.17) is 4.74 Å². The van der Waals surface area contributed by atoms with E-state index in [0.29, 0.717) is 6.61 Å². The van der Waals surface area contributed by atoms with Crippen molar-refractivity contribution in [3.05, 3.63) is 14.5 Å². The molecule has 5 heteroatoms. The minimum Gasteiger partial charge on any atom is -0.379 e. The first-order valence-corrected chi connectivity index (χ1v) is 5.16. The van der Waals surface area contributed by atoms with Crippen molar-refractivity contribution >= 4 is 27.3 Å². The van der Waals surface area contributed by atoms with Gasteiger partial charge in [-0.05, 0) is 23.0 Å². The SMILES string of the molecule is CNCc1nc(Br)c(COC)s1. The summed E-state index contributed by atoms with van der Waals surface area (Å²) in [5.41, 5.74) is 0. The summed E-state index contributed by atoms with van der Waals surface area (Å²) < 4.78 is 5.92. The predicted octanol–water partition coefficient (Wildman–Crippen LogP) is 1.77. The number of halogens is 1. The van der Waals surface area contributed by atoms with E-state index in [1.165, 1.54) is 0 Å². The zero-order valence-electron chi connectivity index (χ0n) is 7.06. The van der Waals surface area contributed by atoms with Gasteiger partial charge in [0.25, 0.3) is 0 Å². The van der Waals surface area contributed by atoms with Gasteiger partial charge in [0.1, 0.15) is 9.61 Å². The average Bonchev–Trinajstić information content (AvgIpc) is 2.34. The van der Waals surface area contributed by atoms with Crippen LogP contribution in [0.25, 0.3) is 0 Å². The summed E-state index contributed by atoms with van der Waals surface area (Å²) in [7, 11) is 3.59. The molecule has 0 atom stereocenters. The summed E-state index contributed by atoms with van der Waals surface area (Å²) in [6.45, 7) is 1.44. The fraction of sp³-hybridized carbons (Fsp3) is 0.571. The molecule has 0 fully saturated rings. The van der Waals surface area contributed by atoms with E-state index in [9.17, 15) is 0 Å². The molecule has 1 aromatic rings. The van der Waals surface area contributed by atoms with Crippen LogP contribution in [0.4, 0.5) is 0 Å². The van der Waals surface area contributed by atoms with Gasteiger partial charge in [-0.1, -0.05) is 0 Å². The van der Waals surface area contributed by atoms with Crippen molar-refractivity contribution in [2.45, 2.75) is 13.2 Å². The van der Waals surface area contributed by atoms with E-state index in [-0.39, 0.29) is 0 Å². The molecule has 0 saturated carbocycles. The van der Waals surface area contributed by atoms with Crippen molar-refractivity contribution in [1.82, 2.24) is 10.3 Å². The van der Waals surface area contributed by atoms with E-state index >= 15 is 0 Å². The first kappa shape index (κ1) is 10.1. The van der Waals surface area contributed by atoms with E-state index in [1.54, 1.807) is 18.4 Å². The molecule has 0 aliphatic carbocycles. The number of ether oxygens (including phenoxy) is 1. The molecule has 0 bridgehead atoms. The molecule has 0 radical (unpaired) electrons. The molecule has 68 valence electrons. The fourth-order valence-corrected chi connectivity index (χ4v) is 2.46. The molecule has 0 aliphatic rings. The molecule has 1 heterocycles. The van der Waals surface area contributed by atoms with Crippen LogP contribution < -0.4 is 5.32 Å². The summed E-state index contributed by atoms with van der Waals surface area (Å²) in [4.78, 5) is 5.45. The number of methoxy groups -OCH3 is 1. The van der Waals surface area contributed by atoms with Gasteiger partial charge in [-0.15, -0.1) is 11.3 Å². The lowest BCUT2D eigenvalue weighted by Gasteiger charge is -1.92. The lowest BCUT2D eigenvalue weighted by Crippen LogP contribution is -2.03. The molecule has 1 N–H and O–H groups in total. The largest absolute Gasteiger partial charge is 0.379 e. The quantitative estimate of drug-likeness (QED) is 0.885. The summed E-state index contributed by atoms with van der Waals surface area (Å²) in [6, 6.07) is 0. The van der Waals surface area contributed by atoms with Crippen LogP contribution in [-0.2, 0) is 17.9 Å². The smallest absolute Gasteiger partial charge is 0.122 e. The van der Waals surface area contributed by atoms with E-state index in [2.05, 4.69) is 26.2 Å². The maximum Gasteiger partial charge on any atom is 0.122 e. The van der Waals surface area contributed by atoms with Gasteiger partial charge >= 0.3 is 0 Å². The molecule has 12 heavy (non-hydrogen) atoms. The van der Waals surface area contributed by atoms with Crippen molar-refractivity contribution in [2.24, 2.45) is 0 Å². The Balaban J connectivity index is 2.70. The van der Waals surface area contributed by atoms with Crippen LogP contribution >= 0.6 is 27.3 Å². The molecule has 3 nitrogen and oxygen atoms in total. The zero-order chi connectivity index (χ0) is 8.97. The predicted molar refractivity (Wildman–Crippen MR) is 53.3 cm³/mol. The summed E-state index contributed by atoms with van der Waals surface area (Å²) >= 11 is 5.04. The van der Waals surface area contributed by atoms with E-state index < -0.39 is 0 Å². The Bertz CT molecular complexity index is 252. The topological polar surface area (TPSA) is 34.2 Å². The third kappa shape index (κ3) is 2.52. The van der Waals surface area contributed by atoms with Gasteiger partial charge in [0.2, 0.25) is 0 Å². The molecular formula is C7H11BrN2OS. The maximum atomic E-state index is 5.02. The first-order valence-electron chi connectivity index (χ1n) is 3.55. The number of rotatable bonds is 4. The third-order valence-electron chi connectivity index (χ3n) is 1.30. The normalized spacial score (nSPS) is 10.6. The van der Waals surface area contributed by atoms with Gasteiger partial charge in [-0.2, -0.15) is 0 Å². The van der Waals surface area contributed by atoms with Crippen LogP contribution in [0.15, 0.2) is 4.60 Å². The molecule has 0 spiro atoms. The summed E-state index contributed by atoms with van der Waals surface area (Å²) in [5.74, 6) is 0. The minimum atomic E-state index is 0.627. The number of thiazole rings is 1. The maximum absolute atomic E-state index is 5.02. The second kappa shape index (κ2) is 4.91. The number of aromatic nitrogens is 1. The molecule has 0 unspecified atom stereocenters. The fourth-order valence-electron chi connectivity index (χ4n) is 0.826. The summed E-state index contributed by atoms with van der Waals surface area (Å²) in [5, 5.41) is 4.13. The highest BCUT2D eigenvalue weighted by atomic mass is 79.9. The number of nitrogens with one attached hydrogen (secondary N) is 1. The molecule has 0 aliphatic heterocycles. The molecule has 1 rings (SSSR count). The van der Waals surface area contributed by atoms with Crippen molar-refractivity contribution in [2.75, 3.05) is 14.2 Å². The zero-order valence-corrected chi connectivity index (χ0v) is 9.46. The van der Waals surface area contributed by atoms with Crippen molar-refractivity contribution in [3.8, 4) is 0 Å². The van der Waals surface area contributed by atoms with Gasteiger partial charge < -0.3 is 10.1 Å². The highest BCUT2D eigenvalue weighted by molar-refractivity contribution is 9.10. The second-order valence-corrected chi connectivity index (χ2v) is 4.20. The lowest BCUT2D eigenvalue weighted by molar-refractivity contribution is 0.187. The Hall–Kier alpha value is 0.0300. The standard InChI is InChI=1S/C7H11BrN2OS/c1-9-3-6-10-7(8)5(12-6)4-11-2/h9H,3-4H2,1-2H3. The van der Waals surface area contributed by atoms with E-state index in [1.807, 2.05) is 7.05 Å². The summed E-state index contributed by atoms with van der Waals surface area (Å²) in [6.07, 6.45) is 0. The third-order valence-corrected chi connectivity index (χ3v) is 3.24. The molecular weight excluding hydrogens is 240 g/mol. The molecule has 1 aromatic heterocycles. The van der Waals surface area contributed by atoms with Gasteiger partial charge in [0, 0.05) is 13.7 Å². The van der Waals surface area contributed by atoms with Crippen LogP contribution in [0, 0.1) is 0 Å². The van der Waals surface area contributed by atoms with Crippen LogP contribution in [0.5, 0.6) is 0 Å². The van der Waals surface area contributed by atoms with Crippen molar-refractivity contribution < 1.29 is 4.74 Å². The van der Waals surface area contributed by atoms with Crippen LogP contribution in [0.1, 0.15) is 9.88 Å². The Labute approximate surface area is 84.3 Å². The average molecular weight is 251 g/mol. The Morgan fingerprint density at radius 1 is 1.67 bits per heavy atom. The Morgan fingerprint density at radius 2 is 2.42 bits per heavy atom. The van der Waals surface area contributed by atoms with Gasteiger partial charge in [-0.3, -0.25) is 0 Å². The molecule has 0 aromatic carbocycles. The highest BCUT2D eigenvalue weighted by Gasteiger charge is 2.06. The van der Waals surface area contributed by atoms with Crippen molar-refractivity contribution in [1.29, 1.82) is 0 Å². The van der Waals surface area contributed by atoms with Crippen LogP contribution in [0.2, 0.25) is 0 Å². The van der Waals surface area contributed by atoms with Crippen LogP contribution in [-0.4, -0.2) is 19.1 Å². The van der Waals surface area contributed by atoms with Crippen LogP contribution in [0.3, 0.4) is 0 Å². The van der Waals surface area contributed by atoms with Gasteiger partial charge in [0.05, 0.1) is 11.5 Å². The highest BCUT2D eigenvalue weighted by Crippen LogP contribution is 2.23. The van der Waals surface area contributed by atoms with Gasteiger partial charge in [-0.25, -0.2) is 4.98 Å². The van der Waals surface area contributed by atoms with Crippen molar-refractivity contribution in [3.63, 3.8) is 0 Å². The number of hydrogen-bond donors (Lipinski definition) is 1. The lowest BCUT2D eigenvalue weighted by atomic mass is 10.6. The Morgan fingerprint density at radius 3 is 3.00 bits per heavy atom. The molecule has 0 saturated heterocycles. The first-order chi connectivity index (χ1) is 5.77. The number of hydrogen-bond acceptors (Lipinski definition) is 4.